The third-order valence-corrected chi connectivity index (χ3v) is 2.17. The predicted molar refractivity (Wildman–Crippen MR) is 66.8 cm³/mol. The van der Waals surface area contributed by atoms with Crippen molar-refractivity contribution < 1.29 is 9.53 Å². The Morgan fingerprint density at radius 2 is 2.18 bits per heavy atom. The van der Waals surface area contributed by atoms with E-state index in [-0.39, 0.29) is 0 Å². The minimum atomic E-state index is -0.561. The van der Waals surface area contributed by atoms with Gasteiger partial charge in [0.05, 0.1) is 0 Å². The Kier molecular flexibility index (Phi) is 2.69. The Balaban J connectivity index is 2.48. The second-order valence-electron chi connectivity index (χ2n) is 4.80. The molecule has 2 heterocycles. The largest absolute Gasteiger partial charge is 0.443 e. The van der Waals surface area contributed by atoms with Gasteiger partial charge in [-0.1, -0.05) is 0 Å². The van der Waals surface area contributed by atoms with E-state index >= 15 is 0 Å². The van der Waals surface area contributed by atoms with Gasteiger partial charge in [0.25, 0.3) is 0 Å². The summed E-state index contributed by atoms with van der Waals surface area (Å²) in [6, 6.07) is 5.34. The lowest BCUT2D eigenvalue weighted by atomic mass is 10.1. The van der Waals surface area contributed by atoms with E-state index in [2.05, 4.69) is 4.98 Å². The summed E-state index contributed by atoms with van der Waals surface area (Å²) in [5.41, 5.74) is 0.279. The average Bonchev–Trinajstić information content (AvgIpc) is 2.50. The molecule has 0 N–H and O–H groups in total. The molecule has 0 aliphatic carbocycles. The maximum atomic E-state index is 12.0. The van der Waals surface area contributed by atoms with E-state index < -0.39 is 11.7 Å². The Morgan fingerprint density at radius 1 is 1.47 bits per heavy atom. The van der Waals surface area contributed by atoms with Crippen molar-refractivity contribution in [1.29, 1.82) is 0 Å². The number of aromatic nitrogens is 2. The Labute approximate surface area is 101 Å². The summed E-state index contributed by atoms with van der Waals surface area (Å²) in [5, 5.41) is 0.816. The van der Waals surface area contributed by atoms with Gasteiger partial charge in [-0.3, -0.25) is 0 Å². The van der Waals surface area contributed by atoms with Crippen molar-refractivity contribution >= 4 is 30.6 Å². The van der Waals surface area contributed by atoms with Gasteiger partial charge in [0.1, 0.15) is 19.1 Å². The van der Waals surface area contributed by atoms with E-state index in [1.54, 1.807) is 39.1 Å². The summed E-state index contributed by atoms with van der Waals surface area (Å²) in [4.78, 5) is 16.1. The summed E-state index contributed by atoms with van der Waals surface area (Å²) in [7, 11) is 5.80. The van der Waals surface area contributed by atoms with Crippen LogP contribution in [0.4, 0.5) is 4.79 Å². The van der Waals surface area contributed by atoms with Gasteiger partial charge < -0.3 is 4.74 Å². The van der Waals surface area contributed by atoms with Gasteiger partial charge in [-0.05, 0) is 44.6 Å². The number of carbonyl (C=O) groups is 1. The Bertz CT molecular complexity index is 569. The van der Waals surface area contributed by atoms with Crippen molar-refractivity contribution in [3.8, 4) is 0 Å². The fourth-order valence-electron chi connectivity index (χ4n) is 1.55. The van der Waals surface area contributed by atoms with Gasteiger partial charge in [0, 0.05) is 11.6 Å². The first-order valence-corrected chi connectivity index (χ1v) is 5.34. The maximum Gasteiger partial charge on any atom is 0.419 e. The SMILES string of the molecule is [B]c1cc2cccnc2n1C(=O)OC(C)(C)C. The normalized spacial score (nSPS) is 11.7. The fraction of sp³-hybridized carbons (Fsp3) is 0.333. The van der Waals surface area contributed by atoms with E-state index in [4.69, 9.17) is 12.6 Å². The third-order valence-electron chi connectivity index (χ3n) is 2.17. The quantitative estimate of drug-likeness (QED) is 0.643. The molecule has 2 aromatic rings. The molecule has 0 atom stereocenters. The molecule has 0 aromatic carbocycles. The number of hydrogen-bond acceptors (Lipinski definition) is 3. The molecule has 0 saturated carbocycles. The smallest absolute Gasteiger partial charge is 0.419 e. The fourth-order valence-corrected chi connectivity index (χ4v) is 1.55. The number of carbonyl (C=O) groups excluding carboxylic acids is 1. The first-order valence-electron chi connectivity index (χ1n) is 5.34. The number of nitrogens with zero attached hydrogens (tertiary/aromatic N) is 2. The highest BCUT2D eigenvalue weighted by Gasteiger charge is 2.20. The highest BCUT2D eigenvalue weighted by atomic mass is 16.6. The number of rotatable bonds is 0. The highest BCUT2D eigenvalue weighted by molar-refractivity contribution is 6.33. The van der Waals surface area contributed by atoms with E-state index in [0.29, 0.717) is 11.2 Å². The number of ether oxygens (including phenoxy) is 1. The zero-order valence-electron chi connectivity index (χ0n) is 10.1. The average molecular weight is 228 g/mol. The standard InChI is InChI=1S/C12H13BN2O2/c1-12(2,3)17-11(16)15-9(13)7-8-5-4-6-14-10(8)15/h4-7H,1-3H3. The second kappa shape index (κ2) is 3.91. The van der Waals surface area contributed by atoms with Crippen LogP contribution < -0.4 is 5.59 Å². The molecule has 0 spiro atoms. The monoisotopic (exact) mass is 228 g/mol. The molecular formula is C12H13BN2O2. The number of fused-ring (bicyclic) bond motifs is 1. The molecule has 4 nitrogen and oxygen atoms in total. The van der Waals surface area contributed by atoms with E-state index in [0.717, 1.165) is 5.39 Å². The molecule has 2 aromatic heterocycles. The summed E-state index contributed by atoms with van der Waals surface area (Å²) in [5.74, 6) is 0. The molecule has 0 bridgehead atoms. The molecule has 2 radical (unpaired) electrons. The Hall–Kier alpha value is -1.78. The van der Waals surface area contributed by atoms with Gasteiger partial charge in [-0.15, -0.1) is 0 Å². The topological polar surface area (TPSA) is 44.1 Å². The zero-order chi connectivity index (χ0) is 12.6. The maximum absolute atomic E-state index is 12.0. The molecule has 86 valence electrons. The van der Waals surface area contributed by atoms with Crippen LogP contribution in [-0.4, -0.2) is 29.1 Å². The molecule has 0 unspecified atom stereocenters. The van der Waals surface area contributed by atoms with Crippen LogP contribution in [0.15, 0.2) is 24.4 Å². The second-order valence-corrected chi connectivity index (χ2v) is 4.80. The molecule has 0 aliphatic rings. The highest BCUT2D eigenvalue weighted by Crippen LogP contribution is 2.14. The van der Waals surface area contributed by atoms with E-state index in [1.165, 1.54) is 4.57 Å². The Morgan fingerprint density at radius 3 is 2.82 bits per heavy atom. The van der Waals surface area contributed by atoms with Gasteiger partial charge >= 0.3 is 6.09 Å². The molecule has 2 rings (SSSR count). The summed E-state index contributed by atoms with van der Waals surface area (Å²) < 4.78 is 6.55. The van der Waals surface area contributed by atoms with E-state index in [9.17, 15) is 4.79 Å². The van der Waals surface area contributed by atoms with Crippen molar-refractivity contribution in [1.82, 2.24) is 9.55 Å². The first kappa shape index (κ1) is 11.7. The van der Waals surface area contributed by atoms with Gasteiger partial charge in [-0.2, -0.15) is 0 Å². The molecule has 0 fully saturated rings. The molecule has 0 aliphatic heterocycles. The summed E-state index contributed by atoms with van der Waals surface area (Å²) in [6.07, 6.45) is 1.10. The molecule has 17 heavy (non-hydrogen) atoms. The molecule has 5 heteroatoms. The van der Waals surface area contributed by atoms with Crippen molar-refractivity contribution in [2.24, 2.45) is 0 Å². The van der Waals surface area contributed by atoms with Crippen molar-refractivity contribution in [2.45, 2.75) is 26.4 Å². The van der Waals surface area contributed by atoms with E-state index in [1.807, 2.05) is 6.07 Å². The molecule has 0 amide bonds. The van der Waals surface area contributed by atoms with Crippen LogP contribution in [0.2, 0.25) is 0 Å². The van der Waals surface area contributed by atoms with Gasteiger partial charge in [-0.25, -0.2) is 14.3 Å². The van der Waals surface area contributed by atoms with Crippen molar-refractivity contribution in [3.05, 3.63) is 24.4 Å². The third kappa shape index (κ3) is 2.33. The lowest BCUT2D eigenvalue weighted by Crippen LogP contribution is -2.32. The van der Waals surface area contributed by atoms with Crippen LogP contribution in [-0.2, 0) is 4.74 Å². The van der Waals surface area contributed by atoms with Crippen LogP contribution in [0.1, 0.15) is 20.8 Å². The lowest BCUT2D eigenvalue weighted by Gasteiger charge is -2.20. The predicted octanol–water partition coefficient (Wildman–Crippen LogP) is 1.61. The van der Waals surface area contributed by atoms with Crippen LogP contribution in [0.5, 0.6) is 0 Å². The van der Waals surface area contributed by atoms with Gasteiger partial charge in [0.2, 0.25) is 0 Å². The lowest BCUT2D eigenvalue weighted by molar-refractivity contribution is 0.0548. The van der Waals surface area contributed by atoms with Crippen LogP contribution in [0.25, 0.3) is 11.0 Å². The zero-order valence-corrected chi connectivity index (χ0v) is 10.1. The summed E-state index contributed by atoms with van der Waals surface area (Å²) >= 11 is 0. The molecule has 0 saturated heterocycles. The summed E-state index contributed by atoms with van der Waals surface area (Å²) in [6.45, 7) is 5.42. The van der Waals surface area contributed by atoms with Crippen LogP contribution >= 0.6 is 0 Å². The molecular weight excluding hydrogens is 215 g/mol. The van der Waals surface area contributed by atoms with Crippen molar-refractivity contribution in [3.63, 3.8) is 0 Å². The van der Waals surface area contributed by atoms with Crippen molar-refractivity contribution in [2.75, 3.05) is 0 Å². The number of hydrogen-bond donors (Lipinski definition) is 0. The first-order chi connectivity index (χ1) is 7.88. The minimum absolute atomic E-state index is 0.327. The number of pyridine rings is 1. The van der Waals surface area contributed by atoms with Crippen LogP contribution in [0, 0.1) is 0 Å². The minimum Gasteiger partial charge on any atom is -0.443 e. The van der Waals surface area contributed by atoms with Gasteiger partial charge in [0.15, 0.2) is 0 Å². The van der Waals surface area contributed by atoms with Crippen LogP contribution in [0.3, 0.4) is 0 Å².